The molecule has 6 nitrogen and oxygen atoms in total. The number of nitrogens with one attached hydrogen (secondary N) is 2. The molecule has 7 heteroatoms. The third kappa shape index (κ3) is 8.26. The maximum absolute atomic E-state index is 8.81. The van der Waals surface area contributed by atoms with E-state index in [9.17, 15) is 0 Å². The Morgan fingerprint density at radius 3 is 2.61 bits per heavy atom. The van der Waals surface area contributed by atoms with Crippen molar-refractivity contribution < 1.29 is 14.6 Å². The minimum Gasteiger partial charge on any atom is -0.493 e. The fourth-order valence-electron chi connectivity index (χ4n) is 1.84. The Hall–Kier alpha value is -1.22. The largest absolute Gasteiger partial charge is 0.493 e. The molecule has 1 aromatic rings. The van der Waals surface area contributed by atoms with E-state index in [1.54, 1.807) is 7.11 Å². The Morgan fingerprint density at radius 1 is 1.22 bits per heavy atom. The van der Waals surface area contributed by atoms with Gasteiger partial charge in [-0.1, -0.05) is 13.0 Å². The number of nitrogens with zero attached hydrogens (tertiary/aromatic N) is 1. The summed E-state index contributed by atoms with van der Waals surface area (Å²) in [6.45, 7) is 6.65. The van der Waals surface area contributed by atoms with Crippen LogP contribution in [0.4, 0.5) is 0 Å². The Balaban J connectivity index is 0.00000484. The van der Waals surface area contributed by atoms with Crippen molar-refractivity contribution in [2.24, 2.45) is 4.99 Å². The predicted octanol–water partition coefficient (Wildman–Crippen LogP) is 2.15. The molecule has 0 spiro atoms. The lowest BCUT2D eigenvalue weighted by Gasteiger charge is -2.12. The second kappa shape index (κ2) is 13.2. The number of rotatable bonds is 9. The molecule has 0 radical (unpaired) electrons. The van der Waals surface area contributed by atoms with Gasteiger partial charge in [0, 0.05) is 13.1 Å². The minimum atomic E-state index is -0.0235. The van der Waals surface area contributed by atoms with Crippen LogP contribution in [0.25, 0.3) is 0 Å². The van der Waals surface area contributed by atoms with Crippen molar-refractivity contribution in [3.05, 3.63) is 23.8 Å². The molecule has 0 saturated heterocycles. The molecule has 0 aliphatic heterocycles. The van der Waals surface area contributed by atoms with Gasteiger partial charge in [-0.3, -0.25) is 0 Å². The van der Waals surface area contributed by atoms with Crippen LogP contribution in [0.2, 0.25) is 0 Å². The van der Waals surface area contributed by atoms with Crippen LogP contribution in [-0.2, 0) is 6.54 Å². The zero-order chi connectivity index (χ0) is 16.2. The lowest BCUT2D eigenvalue weighted by atomic mass is 10.2. The monoisotopic (exact) mass is 437 g/mol. The van der Waals surface area contributed by atoms with Crippen LogP contribution < -0.4 is 20.1 Å². The Bertz CT molecular complexity index is 470. The summed E-state index contributed by atoms with van der Waals surface area (Å²) >= 11 is 0. The number of halogens is 1. The lowest BCUT2D eigenvalue weighted by Crippen LogP contribution is -2.37. The molecule has 132 valence electrons. The molecule has 0 aliphatic rings. The van der Waals surface area contributed by atoms with Gasteiger partial charge in [0.05, 0.1) is 20.3 Å². The van der Waals surface area contributed by atoms with Crippen molar-refractivity contribution in [3.8, 4) is 11.5 Å². The van der Waals surface area contributed by atoms with Gasteiger partial charge in [-0.25, -0.2) is 4.99 Å². The first-order chi connectivity index (χ1) is 10.7. The Kier molecular flexibility index (Phi) is 12.5. The molecule has 3 N–H and O–H groups in total. The molecular formula is C16H28IN3O3. The van der Waals surface area contributed by atoms with Crippen LogP contribution in [0, 0.1) is 0 Å². The number of aliphatic imine (C=N–C) groups is 1. The molecule has 0 aliphatic carbocycles. The summed E-state index contributed by atoms with van der Waals surface area (Å²) in [4.78, 5) is 4.55. The number of aliphatic hydroxyl groups is 1. The van der Waals surface area contributed by atoms with Crippen LogP contribution in [0.1, 0.15) is 25.8 Å². The third-order valence-corrected chi connectivity index (χ3v) is 2.88. The van der Waals surface area contributed by atoms with Crippen LogP contribution in [0.5, 0.6) is 11.5 Å². The van der Waals surface area contributed by atoms with Gasteiger partial charge in [0.25, 0.3) is 0 Å². The maximum Gasteiger partial charge on any atom is 0.191 e. The molecule has 0 heterocycles. The summed E-state index contributed by atoms with van der Waals surface area (Å²) in [5.41, 5.74) is 1.03. The number of hydrogen-bond donors (Lipinski definition) is 3. The second-order valence-electron chi connectivity index (χ2n) is 4.68. The molecule has 1 rings (SSSR count). The van der Waals surface area contributed by atoms with Crippen LogP contribution in [0.15, 0.2) is 23.2 Å². The summed E-state index contributed by atoms with van der Waals surface area (Å²) in [6.07, 6.45) is 1.05. The maximum atomic E-state index is 8.81. The molecule has 0 amide bonds. The van der Waals surface area contributed by atoms with Gasteiger partial charge in [-0.2, -0.15) is 0 Å². The van der Waals surface area contributed by atoms with E-state index in [0.29, 0.717) is 18.0 Å². The topological polar surface area (TPSA) is 75.1 Å². The molecule has 0 bridgehead atoms. The molecular weight excluding hydrogens is 409 g/mol. The van der Waals surface area contributed by atoms with E-state index in [4.69, 9.17) is 14.6 Å². The number of guanidine groups is 1. The van der Waals surface area contributed by atoms with E-state index in [-0.39, 0.29) is 37.2 Å². The summed E-state index contributed by atoms with van der Waals surface area (Å²) in [7, 11) is 1.60. The first kappa shape index (κ1) is 21.8. The fraction of sp³-hybridized carbons (Fsp3) is 0.562. The van der Waals surface area contributed by atoms with E-state index in [0.717, 1.165) is 31.0 Å². The summed E-state index contributed by atoms with van der Waals surface area (Å²) < 4.78 is 10.7. The highest BCUT2D eigenvalue weighted by Gasteiger charge is 2.06. The van der Waals surface area contributed by atoms with Crippen molar-refractivity contribution >= 4 is 29.9 Å². The number of hydrogen-bond acceptors (Lipinski definition) is 4. The average Bonchev–Trinajstić information content (AvgIpc) is 2.55. The van der Waals surface area contributed by atoms with Crippen molar-refractivity contribution in [2.45, 2.75) is 26.8 Å². The molecule has 0 unspecified atom stereocenters. The van der Waals surface area contributed by atoms with Crippen LogP contribution >= 0.6 is 24.0 Å². The Labute approximate surface area is 155 Å². The van der Waals surface area contributed by atoms with Gasteiger partial charge in [0.15, 0.2) is 17.5 Å². The highest BCUT2D eigenvalue weighted by Crippen LogP contribution is 2.28. The van der Waals surface area contributed by atoms with Gasteiger partial charge in [0.2, 0.25) is 0 Å². The van der Waals surface area contributed by atoms with E-state index in [2.05, 4.69) is 22.5 Å². The van der Waals surface area contributed by atoms with Gasteiger partial charge < -0.3 is 25.2 Å². The zero-order valence-electron chi connectivity index (χ0n) is 14.1. The third-order valence-electron chi connectivity index (χ3n) is 2.88. The minimum absolute atomic E-state index is 0. The van der Waals surface area contributed by atoms with Crippen LogP contribution in [0.3, 0.4) is 0 Å². The predicted molar refractivity (Wildman–Crippen MR) is 104 cm³/mol. The van der Waals surface area contributed by atoms with E-state index < -0.39 is 0 Å². The first-order valence-corrected chi connectivity index (χ1v) is 7.67. The fourth-order valence-corrected chi connectivity index (χ4v) is 1.84. The zero-order valence-corrected chi connectivity index (χ0v) is 16.4. The molecule has 0 fully saturated rings. The van der Waals surface area contributed by atoms with E-state index in [1.165, 1.54) is 0 Å². The molecule has 1 aromatic carbocycles. The van der Waals surface area contributed by atoms with E-state index >= 15 is 0 Å². The van der Waals surface area contributed by atoms with Crippen molar-refractivity contribution in [1.82, 2.24) is 10.6 Å². The van der Waals surface area contributed by atoms with Crippen molar-refractivity contribution in [3.63, 3.8) is 0 Å². The van der Waals surface area contributed by atoms with Gasteiger partial charge in [-0.05, 0) is 31.0 Å². The lowest BCUT2D eigenvalue weighted by molar-refractivity contribution is 0.196. The van der Waals surface area contributed by atoms with Crippen molar-refractivity contribution in [2.75, 3.05) is 33.4 Å². The number of aliphatic hydroxyl groups excluding tert-OH is 1. The summed E-state index contributed by atoms with van der Waals surface area (Å²) in [5, 5.41) is 15.3. The Morgan fingerprint density at radius 2 is 2.00 bits per heavy atom. The number of ether oxygens (including phenoxy) is 2. The van der Waals surface area contributed by atoms with Crippen molar-refractivity contribution in [1.29, 1.82) is 0 Å². The normalized spacial score (nSPS) is 10.7. The average molecular weight is 437 g/mol. The summed E-state index contributed by atoms with van der Waals surface area (Å²) in [6, 6.07) is 5.69. The molecule has 0 atom stereocenters. The quantitative estimate of drug-likeness (QED) is 0.314. The van der Waals surface area contributed by atoms with Gasteiger partial charge in [0.1, 0.15) is 6.61 Å². The smallest absolute Gasteiger partial charge is 0.191 e. The molecule has 0 aromatic heterocycles. The van der Waals surface area contributed by atoms with E-state index in [1.807, 2.05) is 25.1 Å². The van der Waals surface area contributed by atoms with Gasteiger partial charge >= 0.3 is 0 Å². The summed E-state index contributed by atoms with van der Waals surface area (Å²) in [5.74, 6) is 2.08. The van der Waals surface area contributed by atoms with Gasteiger partial charge in [-0.15, -0.1) is 24.0 Å². The van der Waals surface area contributed by atoms with Crippen LogP contribution in [-0.4, -0.2) is 44.5 Å². The highest BCUT2D eigenvalue weighted by atomic mass is 127. The SMILES string of the molecule is CCCNC(=NCc1ccc(OCCO)c(OC)c1)NCC.I. The molecule has 0 saturated carbocycles. The number of benzene rings is 1. The standard InChI is InChI=1S/C16H27N3O3.HI/c1-4-8-18-16(17-5-2)19-12-13-6-7-14(22-10-9-20)15(11-13)21-3;/h6-7,11,20H,4-5,8-10,12H2,1-3H3,(H2,17,18,19);1H. The number of methoxy groups -OCH3 is 1. The highest BCUT2D eigenvalue weighted by molar-refractivity contribution is 14.0. The first-order valence-electron chi connectivity index (χ1n) is 7.67. The molecule has 23 heavy (non-hydrogen) atoms. The second-order valence-corrected chi connectivity index (χ2v) is 4.68.